The van der Waals surface area contributed by atoms with Crippen molar-refractivity contribution in [3.8, 4) is 0 Å². The lowest BCUT2D eigenvalue weighted by molar-refractivity contribution is -0.118. The molecule has 1 aromatic rings. The molecule has 1 unspecified atom stereocenters. The van der Waals surface area contributed by atoms with Crippen LogP contribution in [0.1, 0.15) is 45.9 Å². The fourth-order valence-electron chi connectivity index (χ4n) is 2.08. The first kappa shape index (κ1) is 16.9. The Morgan fingerprint density at radius 3 is 2.45 bits per heavy atom. The van der Waals surface area contributed by atoms with Crippen LogP contribution in [-0.2, 0) is 10.2 Å². The van der Waals surface area contributed by atoms with Gasteiger partial charge in [-0.05, 0) is 19.4 Å². The molecule has 1 aliphatic rings. The van der Waals surface area contributed by atoms with Gasteiger partial charge in [0.05, 0.1) is 24.1 Å². The Morgan fingerprint density at radius 2 is 1.95 bits per heavy atom. The molecule has 0 saturated carbocycles. The lowest BCUT2D eigenvalue weighted by Crippen LogP contribution is -2.43. The molecule has 6 heteroatoms. The van der Waals surface area contributed by atoms with Gasteiger partial charge in [0.2, 0.25) is 5.91 Å². The van der Waals surface area contributed by atoms with Crippen molar-refractivity contribution in [2.24, 2.45) is 0 Å². The molecule has 1 amide bonds. The SMILES string of the molecule is CC(C)(C)c1ncc(NC(=O)C2CCCCN2)cn1.Cl. The van der Waals surface area contributed by atoms with E-state index in [9.17, 15) is 4.79 Å². The molecule has 0 aromatic carbocycles. The zero-order valence-corrected chi connectivity index (χ0v) is 13.1. The van der Waals surface area contributed by atoms with E-state index in [1.54, 1.807) is 12.4 Å². The van der Waals surface area contributed by atoms with Gasteiger partial charge in [-0.15, -0.1) is 12.4 Å². The first-order chi connectivity index (χ1) is 8.97. The molecular formula is C14H23ClN4O. The Kier molecular flexibility index (Phi) is 5.89. The number of amides is 1. The molecule has 1 aliphatic heterocycles. The summed E-state index contributed by atoms with van der Waals surface area (Å²) in [6, 6.07) is -0.0870. The smallest absolute Gasteiger partial charge is 0.241 e. The lowest BCUT2D eigenvalue weighted by Gasteiger charge is -2.22. The van der Waals surface area contributed by atoms with Crippen LogP contribution in [0.2, 0.25) is 0 Å². The van der Waals surface area contributed by atoms with Gasteiger partial charge in [0.15, 0.2) is 0 Å². The highest BCUT2D eigenvalue weighted by molar-refractivity contribution is 5.94. The summed E-state index contributed by atoms with van der Waals surface area (Å²) in [5, 5.41) is 6.09. The molecule has 0 bridgehead atoms. The van der Waals surface area contributed by atoms with Gasteiger partial charge in [-0.2, -0.15) is 0 Å². The number of carbonyl (C=O) groups excluding carboxylic acids is 1. The highest BCUT2D eigenvalue weighted by Crippen LogP contribution is 2.18. The van der Waals surface area contributed by atoms with Crippen LogP contribution in [0.25, 0.3) is 0 Å². The fraction of sp³-hybridized carbons (Fsp3) is 0.643. The van der Waals surface area contributed by atoms with Crippen molar-refractivity contribution < 1.29 is 4.79 Å². The molecule has 1 aromatic heterocycles. The van der Waals surface area contributed by atoms with E-state index in [2.05, 4.69) is 41.4 Å². The summed E-state index contributed by atoms with van der Waals surface area (Å²) < 4.78 is 0. The second-order valence-corrected chi connectivity index (χ2v) is 6.04. The Morgan fingerprint density at radius 1 is 1.30 bits per heavy atom. The topological polar surface area (TPSA) is 66.9 Å². The first-order valence-electron chi connectivity index (χ1n) is 6.83. The Labute approximate surface area is 126 Å². The summed E-state index contributed by atoms with van der Waals surface area (Å²) in [6.45, 7) is 7.10. The van der Waals surface area contributed by atoms with Gasteiger partial charge in [-0.1, -0.05) is 27.2 Å². The number of aromatic nitrogens is 2. The molecule has 112 valence electrons. The first-order valence-corrected chi connectivity index (χ1v) is 6.83. The number of hydrogen-bond donors (Lipinski definition) is 2. The van der Waals surface area contributed by atoms with E-state index < -0.39 is 0 Å². The standard InChI is InChI=1S/C14H22N4O.ClH/c1-14(2,3)13-16-8-10(9-17-13)18-12(19)11-6-4-5-7-15-11;/h8-9,11,15H,4-7H2,1-3H3,(H,18,19);1H. The molecule has 1 saturated heterocycles. The minimum absolute atomic E-state index is 0. The molecule has 0 radical (unpaired) electrons. The van der Waals surface area contributed by atoms with Crippen LogP contribution in [0.15, 0.2) is 12.4 Å². The monoisotopic (exact) mass is 298 g/mol. The number of piperidine rings is 1. The largest absolute Gasteiger partial charge is 0.322 e. The van der Waals surface area contributed by atoms with E-state index in [4.69, 9.17) is 0 Å². The third-order valence-electron chi connectivity index (χ3n) is 3.22. The molecular weight excluding hydrogens is 276 g/mol. The molecule has 20 heavy (non-hydrogen) atoms. The number of hydrogen-bond acceptors (Lipinski definition) is 4. The van der Waals surface area contributed by atoms with Crippen LogP contribution in [-0.4, -0.2) is 28.5 Å². The Bertz CT molecular complexity index is 435. The Hall–Kier alpha value is -1.20. The van der Waals surface area contributed by atoms with Gasteiger partial charge in [-0.25, -0.2) is 9.97 Å². The molecule has 1 atom stereocenters. The maximum absolute atomic E-state index is 12.0. The summed E-state index contributed by atoms with van der Waals surface area (Å²) in [7, 11) is 0. The van der Waals surface area contributed by atoms with Crippen molar-refractivity contribution in [1.82, 2.24) is 15.3 Å². The maximum Gasteiger partial charge on any atom is 0.241 e. The van der Waals surface area contributed by atoms with Crippen molar-refractivity contribution in [2.75, 3.05) is 11.9 Å². The van der Waals surface area contributed by atoms with Crippen LogP contribution in [0.5, 0.6) is 0 Å². The minimum atomic E-state index is -0.0870. The average molecular weight is 299 g/mol. The van der Waals surface area contributed by atoms with Crippen LogP contribution in [0, 0.1) is 0 Å². The van der Waals surface area contributed by atoms with E-state index in [-0.39, 0.29) is 29.8 Å². The average Bonchev–Trinajstić information content (AvgIpc) is 2.39. The molecule has 2 heterocycles. The molecule has 2 rings (SSSR count). The molecule has 2 N–H and O–H groups in total. The fourth-order valence-corrected chi connectivity index (χ4v) is 2.08. The summed E-state index contributed by atoms with van der Waals surface area (Å²) in [5.41, 5.74) is 0.582. The second-order valence-electron chi connectivity index (χ2n) is 6.04. The zero-order chi connectivity index (χ0) is 13.9. The van der Waals surface area contributed by atoms with Gasteiger partial charge in [0.1, 0.15) is 5.82 Å². The number of anilines is 1. The predicted octanol–water partition coefficient (Wildman–Crippen LogP) is 2.28. The normalized spacial score (nSPS) is 19.1. The predicted molar refractivity (Wildman–Crippen MR) is 82.3 cm³/mol. The third kappa shape index (κ3) is 4.42. The van der Waals surface area contributed by atoms with E-state index >= 15 is 0 Å². The van der Waals surface area contributed by atoms with Gasteiger partial charge >= 0.3 is 0 Å². The Balaban J connectivity index is 0.00000200. The van der Waals surface area contributed by atoms with Crippen molar-refractivity contribution in [2.45, 2.75) is 51.5 Å². The van der Waals surface area contributed by atoms with Gasteiger partial charge < -0.3 is 10.6 Å². The van der Waals surface area contributed by atoms with Crippen molar-refractivity contribution >= 4 is 24.0 Å². The van der Waals surface area contributed by atoms with E-state index in [1.807, 2.05) is 0 Å². The third-order valence-corrected chi connectivity index (χ3v) is 3.22. The molecule has 0 spiro atoms. The zero-order valence-electron chi connectivity index (χ0n) is 12.3. The highest BCUT2D eigenvalue weighted by atomic mass is 35.5. The number of carbonyl (C=O) groups is 1. The van der Waals surface area contributed by atoms with Gasteiger partial charge in [-0.3, -0.25) is 4.79 Å². The van der Waals surface area contributed by atoms with Gasteiger partial charge in [0.25, 0.3) is 0 Å². The minimum Gasteiger partial charge on any atom is -0.322 e. The van der Waals surface area contributed by atoms with Crippen molar-refractivity contribution in [3.05, 3.63) is 18.2 Å². The van der Waals surface area contributed by atoms with Crippen LogP contribution in [0.3, 0.4) is 0 Å². The molecule has 1 fully saturated rings. The summed E-state index contributed by atoms with van der Waals surface area (Å²) in [6.07, 6.45) is 6.49. The summed E-state index contributed by atoms with van der Waals surface area (Å²) in [4.78, 5) is 20.6. The van der Waals surface area contributed by atoms with E-state index in [0.717, 1.165) is 31.6 Å². The highest BCUT2D eigenvalue weighted by Gasteiger charge is 2.21. The quantitative estimate of drug-likeness (QED) is 0.879. The van der Waals surface area contributed by atoms with Crippen LogP contribution < -0.4 is 10.6 Å². The lowest BCUT2D eigenvalue weighted by atomic mass is 9.96. The number of rotatable bonds is 2. The van der Waals surface area contributed by atoms with Crippen molar-refractivity contribution in [3.63, 3.8) is 0 Å². The van der Waals surface area contributed by atoms with E-state index in [0.29, 0.717) is 5.69 Å². The van der Waals surface area contributed by atoms with Crippen molar-refractivity contribution in [1.29, 1.82) is 0 Å². The van der Waals surface area contributed by atoms with Crippen LogP contribution in [0.4, 0.5) is 5.69 Å². The maximum atomic E-state index is 12.0. The summed E-state index contributed by atoms with van der Waals surface area (Å²) in [5.74, 6) is 0.785. The molecule has 5 nitrogen and oxygen atoms in total. The molecule has 0 aliphatic carbocycles. The second kappa shape index (κ2) is 6.99. The number of nitrogens with zero attached hydrogens (tertiary/aromatic N) is 2. The summed E-state index contributed by atoms with van der Waals surface area (Å²) >= 11 is 0. The number of nitrogens with one attached hydrogen (secondary N) is 2. The van der Waals surface area contributed by atoms with Gasteiger partial charge in [0, 0.05) is 5.41 Å². The van der Waals surface area contributed by atoms with Crippen LogP contribution >= 0.6 is 12.4 Å². The van der Waals surface area contributed by atoms with E-state index in [1.165, 1.54) is 0 Å². The number of halogens is 1.